The van der Waals surface area contributed by atoms with E-state index in [-0.39, 0.29) is 30.1 Å². The SMILES string of the molecule is CCNC(=NCc1ncc(CC)s1)NCC(C)Oc1ccccc1C.I. The number of aromatic nitrogens is 1. The summed E-state index contributed by atoms with van der Waals surface area (Å²) in [7, 11) is 0. The number of hydrogen-bond donors (Lipinski definition) is 2. The second-order valence-electron chi connectivity index (χ2n) is 5.84. The van der Waals surface area contributed by atoms with E-state index in [1.165, 1.54) is 4.88 Å². The molecule has 0 aliphatic rings. The number of guanidine groups is 1. The average molecular weight is 488 g/mol. The zero-order valence-electron chi connectivity index (χ0n) is 15.9. The molecule has 0 aliphatic carbocycles. The number of benzene rings is 1. The van der Waals surface area contributed by atoms with Crippen molar-refractivity contribution in [2.75, 3.05) is 13.1 Å². The van der Waals surface area contributed by atoms with Crippen LogP contribution >= 0.6 is 35.3 Å². The summed E-state index contributed by atoms with van der Waals surface area (Å²) in [6.45, 7) is 10.4. The molecular formula is C19H29IN4OS. The first-order chi connectivity index (χ1) is 12.1. The normalized spacial score (nSPS) is 12.2. The van der Waals surface area contributed by atoms with Crippen molar-refractivity contribution < 1.29 is 4.74 Å². The van der Waals surface area contributed by atoms with Crippen molar-refractivity contribution in [1.29, 1.82) is 0 Å². The van der Waals surface area contributed by atoms with E-state index in [0.717, 1.165) is 35.2 Å². The molecule has 5 nitrogen and oxygen atoms in total. The molecule has 0 spiro atoms. The van der Waals surface area contributed by atoms with Gasteiger partial charge in [-0.15, -0.1) is 35.3 Å². The lowest BCUT2D eigenvalue weighted by Crippen LogP contribution is -2.41. The highest BCUT2D eigenvalue weighted by Gasteiger charge is 2.07. The van der Waals surface area contributed by atoms with E-state index in [2.05, 4.69) is 54.4 Å². The summed E-state index contributed by atoms with van der Waals surface area (Å²) in [5, 5.41) is 7.65. The maximum absolute atomic E-state index is 6.00. The monoisotopic (exact) mass is 488 g/mol. The number of thiazole rings is 1. The van der Waals surface area contributed by atoms with Crippen LogP contribution in [0.4, 0.5) is 0 Å². The molecule has 0 aliphatic heterocycles. The molecule has 0 radical (unpaired) electrons. The summed E-state index contributed by atoms with van der Waals surface area (Å²) in [6, 6.07) is 8.06. The molecular weight excluding hydrogens is 459 g/mol. The fourth-order valence-electron chi connectivity index (χ4n) is 2.26. The highest BCUT2D eigenvalue weighted by atomic mass is 127. The van der Waals surface area contributed by atoms with Crippen LogP contribution in [0.1, 0.15) is 36.2 Å². The molecule has 2 rings (SSSR count). The third-order valence-corrected chi connectivity index (χ3v) is 4.77. The predicted molar refractivity (Wildman–Crippen MR) is 121 cm³/mol. The number of aryl methyl sites for hydroxylation is 2. The van der Waals surface area contributed by atoms with E-state index in [9.17, 15) is 0 Å². The van der Waals surface area contributed by atoms with Gasteiger partial charge in [0, 0.05) is 17.6 Å². The summed E-state index contributed by atoms with van der Waals surface area (Å²) < 4.78 is 6.00. The van der Waals surface area contributed by atoms with E-state index in [4.69, 9.17) is 4.74 Å². The quantitative estimate of drug-likeness (QED) is 0.333. The van der Waals surface area contributed by atoms with Crippen LogP contribution in [-0.2, 0) is 13.0 Å². The number of halogens is 1. The molecule has 144 valence electrons. The van der Waals surface area contributed by atoms with Gasteiger partial charge in [0.25, 0.3) is 0 Å². The first-order valence-electron chi connectivity index (χ1n) is 8.80. The third kappa shape index (κ3) is 7.49. The molecule has 0 bridgehead atoms. The van der Waals surface area contributed by atoms with E-state index >= 15 is 0 Å². The number of nitrogens with one attached hydrogen (secondary N) is 2. The Kier molecular flexibility index (Phi) is 10.6. The first-order valence-corrected chi connectivity index (χ1v) is 9.62. The van der Waals surface area contributed by atoms with Gasteiger partial charge in [0.1, 0.15) is 16.9 Å². The smallest absolute Gasteiger partial charge is 0.191 e. The van der Waals surface area contributed by atoms with Crippen LogP contribution in [0.2, 0.25) is 0 Å². The Bertz CT molecular complexity index is 690. The van der Waals surface area contributed by atoms with Crippen LogP contribution in [0, 0.1) is 6.92 Å². The number of rotatable bonds is 8. The number of para-hydroxylation sites is 1. The van der Waals surface area contributed by atoms with Gasteiger partial charge in [-0.1, -0.05) is 25.1 Å². The van der Waals surface area contributed by atoms with Gasteiger partial charge in [-0.25, -0.2) is 9.98 Å². The Morgan fingerprint density at radius 1 is 1.27 bits per heavy atom. The minimum atomic E-state index is 0. The zero-order chi connectivity index (χ0) is 18.1. The van der Waals surface area contributed by atoms with Crippen molar-refractivity contribution in [1.82, 2.24) is 15.6 Å². The summed E-state index contributed by atoms with van der Waals surface area (Å²) in [5.74, 6) is 1.71. The average Bonchev–Trinajstić information content (AvgIpc) is 3.07. The van der Waals surface area contributed by atoms with Gasteiger partial charge in [0.15, 0.2) is 5.96 Å². The topological polar surface area (TPSA) is 58.5 Å². The molecule has 1 heterocycles. The number of hydrogen-bond acceptors (Lipinski definition) is 4. The van der Waals surface area contributed by atoms with Crippen molar-refractivity contribution in [2.45, 2.75) is 46.8 Å². The molecule has 2 N–H and O–H groups in total. The van der Waals surface area contributed by atoms with Gasteiger partial charge in [-0.3, -0.25) is 0 Å². The Labute approximate surface area is 177 Å². The van der Waals surface area contributed by atoms with Crippen LogP contribution < -0.4 is 15.4 Å². The fourth-order valence-corrected chi connectivity index (χ4v) is 3.05. The molecule has 0 saturated heterocycles. The predicted octanol–water partition coefficient (Wildman–Crippen LogP) is 4.15. The molecule has 1 aromatic carbocycles. The lowest BCUT2D eigenvalue weighted by atomic mass is 10.2. The molecule has 1 aromatic heterocycles. The number of aliphatic imine (C=N–C) groups is 1. The second kappa shape index (κ2) is 12.1. The van der Waals surface area contributed by atoms with Crippen molar-refractivity contribution in [2.24, 2.45) is 4.99 Å². The highest BCUT2D eigenvalue weighted by Crippen LogP contribution is 2.17. The largest absolute Gasteiger partial charge is 0.489 e. The standard InChI is InChI=1S/C19H28N4OS.HI/c1-5-16-12-21-18(25-16)13-23-19(20-6-2)22-11-15(4)24-17-10-8-7-9-14(17)3;/h7-10,12,15H,5-6,11,13H2,1-4H3,(H2,20,22,23);1H. The summed E-state index contributed by atoms with van der Waals surface area (Å²) in [6.07, 6.45) is 3.00. The first kappa shape index (κ1) is 22.7. The van der Waals surface area contributed by atoms with Crippen molar-refractivity contribution in [3.8, 4) is 5.75 Å². The maximum Gasteiger partial charge on any atom is 0.191 e. The van der Waals surface area contributed by atoms with E-state index in [1.54, 1.807) is 11.3 Å². The van der Waals surface area contributed by atoms with Crippen molar-refractivity contribution in [3.63, 3.8) is 0 Å². The molecule has 0 saturated carbocycles. The van der Waals surface area contributed by atoms with Crippen LogP contribution in [0.15, 0.2) is 35.5 Å². The maximum atomic E-state index is 6.00. The van der Waals surface area contributed by atoms with E-state index in [1.807, 2.05) is 24.4 Å². The molecule has 7 heteroatoms. The molecule has 26 heavy (non-hydrogen) atoms. The summed E-state index contributed by atoms with van der Waals surface area (Å²) in [4.78, 5) is 10.3. The van der Waals surface area contributed by atoms with Gasteiger partial charge >= 0.3 is 0 Å². The number of nitrogens with zero attached hydrogens (tertiary/aromatic N) is 2. The second-order valence-corrected chi connectivity index (χ2v) is 7.04. The minimum absolute atomic E-state index is 0. The molecule has 1 atom stereocenters. The van der Waals surface area contributed by atoms with Gasteiger partial charge in [0.05, 0.1) is 13.1 Å². The van der Waals surface area contributed by atoms with Crippen LogP contribution in [-0.4, -0.2) is 30.1 Å². The molecule has 0 fully saturated rings. The number of ether oxygens (including phenoxy) is 1. The Hall–Kier alpha value is -1.35. The van der Waals surface area contributed by atoms with Crippen LogP contribution in [0.25, 0.3) is 0 Å². The van der Waals surface area contributed by atoms with Gasteiger partial charge in [0.2, 0.25) is 0 Å². The molecule has 1 unspecified atom stereocenters. The van der Waals surface area contributed by atoms with Gasteiger partial charge < -0.3 is 15.4 Å². The minimum Gasteiger partial charge on any atom is -0.489 e. The van der Waals surface area contributed by atoms with Crippen LogP contribution in [0.3, 0.4) is 0 Å². The highest BCUT2D eigenvalue weighted by molar-refractivity contribution is 14.0. The molecule has 2 aromatic rings. The van der Waals surface area contributed by atoms with Gasteiger partial charge in [-0.05, 0) is 38.8 Å². The lowest BCUT2D eigenvalue weighted by Gasteiger charge is -2.18. The summed E-state index contributed by atoms with van der Waals surface area (Å²) in [5.41, 5.74) is 1.14. The Morgan fingerprint density at radius 3 is 2.69 bits per heavy atom. The van der Waals surface area contributed by atoms with Gasteiger partial charge in [-0.2, -0.15) is 0 Å². The lowest BCUT2D eigenvalue weighted by molar-refractivity contribution is 0.222. The molecule has 0 amide bonds. The van der Waals surface area contributed by atoms with Crippen molar-refractivity contribution >= 4 is 41.3 Å². The summed E-state index contributed by atoms with van der Waals surface area (Å²) >= 11 is 1.72. The van der Waals surface area contributed by atoms with E-state index in [0.29, 0.717) is 13.1 Å². The van der Waals surface area contributed by atoms with Crippen LogP contribution in [0.5, 0.6) is 5.75 Å². The fraction of sp³-hybridized carbons (Fsp3) is 0.474. The Balaban J connectivity index is 0.00000338. The Morgan fingerprint density at radius 2 is 2.04 bits per heavy atom. The zero-order valence-corrected chi connectivity index (χ0v) is 19.1. The van der Waals surface area contributed by atoms with E-state index < -0.39 is 0 Å². The third-order valence-electron chi connectivity index (χ3n) is 3.65. The van der Waals surface area contributed by atoms with Crippen molar-refractivity contribution in [3.05, 3.63) is 45.9 Å².